The molecule has 1 fully saturated rings. The SMILES string of the molecule is Cc1nccn1Cc1cccc(C(=O)N2CCOC[C@@H](Cc3cccc4ccncc34)C2)c1. The molecule has 1 atom stereocenters. The average Bonchev–Trinajstić information content (AvgIpc) is 3.10. The molecule has 0 bridgehead atoms. The number of imidazole rings is 1. The van der Waals surface area contributed by atoms with E-state index in [1.54, 1.807) is 6.20 Å². The Kier molecular flexibility index (Phi) is 6.17. The van der Waals surface area contributed by atoms with Gasteiger partial charge in [0.1, 0.15) is 5.82 Å². The van der Waals surface area contributed by atoms with Crippen molar-refractivity contribution >= 4 is 16.7 Å². The minimum Gasteiger partial charge on any atom is -0.379 e. The van der Waals surface area contributed by atoms with Crippen molar-refractivity contribution in [1.82, 2.24) is 19.4 Å². The summed E-state index contributed by atoms with van der Waals surface area (Å²) >= 11 is 0. The lowest BCUT2D eigenvalue weighted by Gasteiger charge is -2.24. The molecule has 6 nitrogen and oxygen atoms in total. The van der Waals surface area contributed by atoms with Gasteiger partial charge in [0.25, 0.3) is 5.91 Å². The molecule has 0 unspecified atom stereocenters. The summed E-state index contributed by atoms with van der Waals surface area (Å²) in [6.07, 6.45) is 8.37. The van der Waals surface area contributed by atoms with Gasteiger partial charge in [-0.05, 0) is 48.1 Å². The van der Waals surface area contributed by atoms with E-state index >= 15 is 0 Å². The van der Waals surface area contributed by atoms with Gasteiger partial charge in [-0.1, -0.05) is 30.3 Å². The lowest BCUT2D eigenvalue weighted by atomic mass is 9.95. The molecule has 2 aromatic heterocycles. The third-order valence-electron chi connectivity index (χ3n) is 6.36. The van der Waals surface area contributed by atoms with E-state index in [4.69, 9.17) is 4.74 Å². The summed E-state index contributed by atoms with van der Waals surface area (Å²) in [5, 5.41) is 2.36. The van der Waals surface area contributed by atoms with Crippen LogP contribution < -0.4 is 0 Å². The first-order valence-corrected chi connectivity index (χ1v) is 11.4. The first kappa shape index (κ1) is 21.3. The van der Waals surface area contributed by atoms with Crippen LogP contribution >= 0.6 is 0 Å². The standard InChI is InChI=1S/C27H28N4O2/c1-20-29-10-11-30(20)17-21-4-2-7-25(14-21)27(32)31-12-13-33-19-22(18-31)15-24-6-3-5-23-8-9-28-16-26(23)24/h2-11,14,16,22H,12-13,15,17-19H2,1H3/t22-/m0/s1. The molecule has 1 aliphatic heterocycles. The van der Waals surface area contributed by atoms with E-state index in [2.05, 4.69) is 38.8 Å². The third-order valence-corrected chi connectivity index (χ3v) is 6.36. The number of nitrogens with zero attached hydrogens (tertiary/aromatic N) is 4. The number of pyridine rings is 1. The molecule has 1 amide bonds. The van der Waals surface area contributed by atoms with Gasteiger partial charge in [-0.25, -0.2) is 4.98 Å². The Morgan fingerprint density at radius 1 is 1.15 bits per heavy atom. The summed E-state index contributed by atoms with van der Waals surface area (Å²) in [5.41, 5.74) is 3.06. The highest BCUT2D eigenvalue weighted by Gasteiger charge is 2.24. The summed E-state index contributed by atoms with van der Waals surface area (Å²) in [5.74, 6) is 1.26. The molecular formula is C27H28N4O2. The zero-order valence-corrected chi connectivity index (χ0v) is 18.9. The minimum atomic E-state index is 0.0642. The number of hydrogen-bond acceptors (Lipinski definition) is 4. The summed E-state index contributed by atoms with van der Waals surface area (Å²) in [6, 6.07) is 16.3. The fourth-order valence-corrected chi connectivity index (χ4v) is 4.61. The second kappa shape index (κ2) is 9.55. The summed E-state index contributed by atoms with van der Waals surface area (Å²) in [7, 11) is 0. The van der Waals surface area contributed by atoms with E-state index in [0.29, 0.717) is 32.8 Å². The van der Waals surface area contributed by atoms with Crippen LogP contribution in [-0.4, -0.2) is 51.6 Å². The lowest BCUT2D eigenvalue weighted by Crippen LogP contribution is -2.36. The van der Waals surface area contributed by atoms with E-state index in [-0.39, 0.29) is 11.8 Å². The van der Waals surface area contributed by atoms with Crippen LogP contribution in [0.5, 0.6) is 0 Å². The van der Waals surface area contributed by atoms with Gasteiger partial charge >= 0.3 is 0 Å². The predicted molar refractivity (Wildman–Crippen MR) is 128 cm³/mol. The van der Waals surface area contributed by atoms with Crippen molar-refractivity contribution < 1.29 is 9.53 Å². The van der Waals surface area contributed by atoms with Crippen LogP contribution in [0.2, 0.25) is 0 Å². The number of amides is 1. The van der Waals surface area contributed by atoms with E-state index < -0.39 is 0 Å². The van der Waals surface area contributed by atoms with Gasteiger partial charge in [0, 0.05) is 61.3 Å². The van der Waals surface area contributed by atoms with Crippen molar-refractivity contribution in [1.29, 1.82) is 0 Å². The zero-order valence-electron chi connectivity index (χ0n) is 18.9. The van der Waals surface area contributed by atoms with Crippen LogP contribution in [0.3, 0.4) is 0 Å². The summed E-state index contributed by atoms with van der Waals surface area (Å²) < 4.78 is 7.98. The fourth-order valence-electron chi connectivity index (χ4n) is 4.61. The van der Waals surface area contributed by atoms with Crippen LogP contribution in [0.15, 0.2) is 73.3 Å². The van der Waals surface area contributed by atoms with Gasteiger partial charge in [0.05, 0.1) is 13.2 Å². The molecule has 0 saturated carbocycles. The maximum Gasteiger partial charge on any atom is 0.253 e. The minimum absolute atomic E-state index is 0.0642. The molecule has 3 heterocycles. The normalized spacial score (nSPS) is 16.6. The van der Waals surface area contributed by atoms with Gasteiger partial charge in [-0.15, -0.1) is 0 Å². The highest BCUT2D eigenvalue weighted by Crippen LogP contribution is 2.23. The maximum atomic E-state index is 13.4. The number of carbonyl (C=O) groups is 1. The predicted octanol–water partition coefficient (Wildman–Crippen LogP) is 4.12. The molecule has 0 N–H and O–H groups in total. The second-order valence-electron chi connectivity index (χ2n) is 8.71. The molecule has 0 aliphatic carbocycles. The Morgan fingerprint density at radius 3 is 2.94 bits per heavy atom. The number of fused-ring (bicyclic) bond motifs is 1. The smallest absolute Gasteiger partial charge is 0.253 e. The Hall–Kier alpha value is -3.51. The van der Waals surface area contributed by atoms with Crippen molar-refractivity contribution in [2.75, 3.05) is 26.3 Å². The number of aromatic nitrogens is 3. The molecule has 1 aliphatic rings. The van der Waals surface area contributed by atoms with Crippen LogP contribution in [0.25, 0.3) is 10.8 Å². The van der Waals surface area contributed by atoms with Gasteiger partial charge in [0.2, 0.25) is 0 Å². The summed E-state index contributed by atoms with van der Waals surface area (Å²) in [4.78, 5) is 24.0. The quantitative estimate of drug-likeness (QED) is 0.468. The van der Waals surface area contributed by atoms with Crippen LogP contribution in [0.1, 0.15) is 27.3 Å². The summed E-state index contributed by atoms with van der Waals surface area (Å²) in [6.45, 7) is 5.19. The number of hydrogen-bond donors (Lipinski definition) is 0. The first-order valence-electron chi connectivity index (χ1n) is 11.4. The van der Waals surface area contributed by atoms with Crippen molar-refractivity contribution in [3.63, 3.8) is 0 Å². The van der Waals surface area contributed by atoms with Crippen LogP contribution in [0.4, 0.5) is 0 Å². The maximum absolute atomic E-state index is 13.4. The van der Waals surface area contributed by atoms with Gasteiger partial charge in [-0.2, -0.15) is 0 Å². The molecule has 2 aromatic carbocycles. The number of ether oxygens (including phenoxy) is 1. The highest BCUT2D eigenvalue weighted by molar-refractivity contribution is 5.94. The molecule has 4 aromatic rings. The van der Waals surface area contributed by atoms with E-state index in [9.17, 15) is 4.79 Å². The highest BCUT2D eigenvalue weighted by atomic mass is 16.5. The topological polar surface area (TPSA) is 60.2 Å². The molecule has 6 heteroatoms. The monoisotopic (exact) mass is 440 g/mol. The number of benzene rings is 2. The number of aryl methyl sites for hydroxylation is 1. The molecular weight excluding hydrogens is 412 g/mol. The Bertz CT molecular complexity index is 1260. The lowest BCUT2D eigenvalue weighted by molar-refractivity contribution is 0.0737. The Morgan fingerprint density at radius 2 is 2.06 bits per heavy atom. The molecule has 5 rings (SSSR count). The Labute approximate surface area is 193 Å². The van der Waals surface area contributed by atoms with Crippen molar-refractivity contribution in [3.8, 4) is 0 Å². The van der Waals surface area contributed by atoms with Gasteiger partial charge < -0.3 is 14.2 Å². The number of carbonyl (C=O) groups excluding carboxylic acids is 1. The van der Waals surface area contributed by atoms with Gasteiger partial charge in [0.15, 0.2) is 0 Å². The van der Waals surface area contributed by atoms with Crippen molar-refractivity contribution in [3.05, 3.63) is 95.8 Å². The fraction of sp³-hybridized carbons (Fsp3) is 0.296. The molecule has 33 heavy (non-hydrogen) atoms. The van der Waals surface area contributed by atoms with E-state index in [1.807, 2.05) is 54.7 Å². The van der Waals surface area contributed by atoms with Crippen LogP contribution in [0, 0.1) is 12.8 Å². The molecule has 1 saturated heterocycles. The zero-order chi connectivity index (χ0) is 22.6. The molecule has 0 spiro atoms. The van der Waals surface area contributed by atoms with Crippen molar-refractivity contribution in [2.45, 2.75) is 19.9 Å². The van der Waals surface area contributed by atoms with E-state index in [1.165, 1.54) is 16.3 Å². The molecule has 0 radical (unpaired) electrons. The third kappa shape index (κ3) is 4.81. The van der Waals surface area contributed by atoms with Crippen LogP contribution in [-0.2, 0) is 17.7 Å². The average molecular weight is 441 g/mol. The van der Waals surface area contributed by atoms with Crippen molar-refractivity contribution in [2.24, 2.45) is 5.92 Å². The largest absolute Gasteiger partial charge is 0.379 e. The Balaban J connectivity index is 1.32. The first-order chi connectivity index (χ1) is 16.2. The number of rotatable bonds is 5. The van der Waals surface area contributed by atoms with E-state index in [0.717, 1.165) is 23.4 Å². The van der Waals surface area contributed by atoms with Gasteiger partial charge in [-0.3, -0.25) is 9.78 Å². The second-order valence-corrected chi connectivity index (χ2v) is 8.71. The molecule has 168 valence electrons.